The zero-order valence-electron chi connectivity index (χ0n) is 13.1. The average Bonchev–Trinajstić information content (AvgIpc) is 2.96. The van der Waals surface area contributed by atoms with Gasteiger partial charge in [-0.05, 0) is 30.3 Å². The number of nitrogen functional groups attached to an aromatic ring is 1. The number of aromatic nitrogens is 3. The molecule has 3 rings (SSSR count). The number of amides is 1. The van der Waals surface area contributed by atoms with Gasteiger partial charge in [0.05, 0.1) is 21.5 Å². The van der Waals surface area contributed by atoms with E-state index in [1.807, 2.05) is 0 Å². The van der Waals surface area contributed by atoms with Crippen molar-refractivity contribution in [1.29, 1.82) is 0 Å². The number of rotatable bonds is 5. The standard InChI is InChI=1S/C16H12Cl3N5OS/c17-9-5-6-10(12(19)7-9)15-22-23-16(24(15)20)26-8-14(25)21-13-4-2-1-3-11(13)18/h1-7H,8,20H2,(H,21,25). The summed E-state index contributed by atoms with van der Waals surface area (Å²) < 4.78 is 1.28. The first kappa shape index (κ1) is 18.8. The lowest BCUT2D eigenvalue weighted by atomic mass is 10.2. The van der Waals surface area contributed by atoms with E-state index in [2.05, 4.69) is 15.5 Å². The van der Waals surface area contributed by atoms with Crippen LogP contribution in [-0.4, -0.2) is 26.5 Å². The lowest BCUT2D eigenvalue weighted by molar-refractivity contribution is -0.113. The highest BCUT2D eigenvalue weighted by Gasteiger charge is 2.16. The number of nitrogens with one attached hydrogen (secondary N) is 1. The molecule has 0 saturated carbocycles. The molecule has 10 heteroatoms. The number of nitrogens with two attached hydrogens (primary N) is 1. The van der Waals surface area contributed by atoms with Crippen molar-refractivity contribution in [2.24, 2.45) is 0 Å². The number of thioether (sulfide) groups is 1. The zero-order chi connectivity index (χ0) is 18.7. The van der Waals surface area contributed by atoms with Gasteiger partial charge in [0, 0.05) is 10.6 Å². The Kier molecular flexibility index (Phi) is 5.93. The second-order valence-corrected chi connectivity index (χ2v) is 7.31. The van der Waals surface area contributed by atoms with Gasteiger partial charge in [-0.2, -0.15) is 0 Å². The number of anilines is 1. The highest BCUT2D eigenvalue weighted by Crippen LogP contribution is 2.30. The first-order valence-electron chi connectivity index (χ1n) is 7.29. The number of benzene rings is 2. The third-order valence-electron chi connectivity index (χ3n) is 3.32. The molecule has 0 fully saturated rings. The van der Waals surface area contributed by atoms with Crippen molar-refractivity contribution < 1.29 is 4.79 Å². The lowest BCUT2D eigenvalue weighted by Gasteiger charge is -2.07. The number of nitrogens with zero attached hydrogens (tertiary/aromatic N) is 3. The molecule has 6 nitrogen and oxygen atoms in total. The topological polar surface area (TPSA) is 85.8 Å². The van der Waals surface area contributed by atoms with Gasteiger partial charge >= 0.3 is 0 Å². The molecule has 0 aliphatic heterocycles. The van der Waals surface area contributed by atoms with Gasteiger partial charge < -0.3 is 11.2 Å². The molecule has 0 unspecified atom stereocenters. The highest BCUT2D eigenvalue weighted by molar-refractivity contribution is 7.99. The predicted octanol–water partition coefficient (Wildman–Crippen LogP) is 4.35. The van der Waals surface area contributed by atoms with E-state index in [9.17, 15) is 4.79 Å². The molecule has 0 bridgehead atoms. The van der Waals surface area contributed by atoms with Gasteiger partial charge in [-0.1, -0.05) is 58.7 Å². The van der Waals surface area contributed by atoms with Crippen LogP contribution in [-0.2, 0) is 4.79 Å². The Bertz CT molecular complexity index is 963. The zero-order valence-corrected chi connectivity index (χ0v) is 16.2. The van der Waals surface area contributed by atoms with Crippen LogP contribution in [0.25, 0.3) is 11.4 Å². The van der Waals surface area contributed by atoms with Crippen LogP contribution in [0.4, 0.5) is 5.69 Å². The van der Waals surface area contributed by atoms with Crippen molar-refractivity contribution in [2.45, 2.75) is 5.16 Å². The summed E-state index contributed by atoms with van der Waals surface area (Å²) in [6.07, 6.45) is 0. The van der Waals surface area contributed by atoms with Crippen molar-refractivity contribution in [2.75, 3.05) is 16.9 Å². The number of carbonyl (C=O) groups excluding carboxylic acids is 1. The highest BCUT2D eigenvalue weighted by atomic mass is 35.5. The molecule has 1 heterocycles. The van der Waals surface area contributed by atoms with Crippen LogP contribution >= 0.6 is 46.6 Å². The molecule has 2 aromatic carbocycles. The SMILES string of the molecule is Nn1c(SCC(=O)Nc2ccccc2Cl)nnc1-c1ccc(Cl)cc1Cl. The summed E-state index contributed by atoms with van der Waals surface area (Å²) in [5, 5.41) is 12.5. The lowest BCUT2D eigenvalue weighted by Crippen LogP contribution is -2.16. The van der Waals surface area contributed by atoms with Gasteiger partial charge in [-0.3, -0.25) is 4.79 Å². The fourth-order valence-electron chi connectivity index (χ4n) is 2.11. The molecule has 0 atom stereocenters. The van der Waals surface area contributed by atoms with Crippen LogP contribution in [0.3, 0.4) is 0 Å². The van der Waals surface area contributed by atoms with E-state index < -0.39 is 0 Å². The van der Waals surface area contributed by atoms with Gasteiger partial charge in [-0.25, -0.2) is 4.68 Å². The molecule has 0 radical (unpaired) electrons. The van der Waals surface area contributed by atoms with Crippen LogP contribution < -0.4 is 11.2 Å². The maximum atomic E-state index is 12.1. The molecule has 0 aliphatic rings. The van der Waals surface area contributed by atoms with Gasteiger partial charge in [-0.15, -0.1) is 10.2 Å². The number of hydrogen-bond acceptors (Lipinski definition) is 5. The smallest absolute Gasteiger partial charge is 0.234 e. The summed E-state index contributed by atoms with van der Waals surface area (Å²) in [4.78, 5) is 12.1. The molecule has 0 spiro atoms. The van der Waals surface area contributed by atoms with E-state index in [0.29, 0.717) is 37.3 Å². The molecule has 26 heavy (non-hydrogen) atoms. The summed E-state index contributed by atoms with van der Waals surface area (Å²) in [5.74, 6) is 6.26. The summed E-state index contributed by atoms with van der Waals surface area (Å²) in [7, 11) is 0. The second kappa shape index (κ2) is 8.18. The molecule has 134 valence electrons. The number of halogens is 3. The third kappa shape index (κ3) is 4.24. The largest absolute Gasteiger partial charge is 0.335 e. The second-order valence-electron chi connectivity index (χ2n) is 5.12. The number of para-hydroxylation sites is 1. The van der Waals surface area contributed by atoms with Gasteiger partial charge in [0.1, 0.15) is 0 Å². The Morgan fingerprint density at radius 3 is 2.62 bits per heavy atom. The van der Waals surface area contributed by atoms with E-state index in [1.165, 1.54) is 4.68 Å². The third-order valence-corrected chi connectivity index (χ3v) is 5.14. The van der Waals surface area contributed by atoms with Crippen molar-refractivity contribution in [3.63, 3.8) is 0 Å². The molecular weight excluding hydrogens is 417 g/mol. The summed E-state index contributed by atoms with van der Waals surface area (Å²) in [6, 6.07) is 12.0. The van der Waals surface area contributed by atoms with E-state index in [4.69, 9.17) is 40.6 Å². The Balaban J connectivity index is 1.69. The molecule has 0 saturated heterocycles. The first-order valence-corrected chi connectivity index (χ1v) is 9.40. The van der Waals surface area contributed by atoms with Crippen LogP contribution in [0.15, 0.2) is 47.6 Å². The fraction of sp³-hybridized carbons (Fsp3) is 0.0625. The van der Waals surface area contributed by atoms with E-state index in [-0.39, 0.29) is 11.7 Å². The van der Waals surface area contributed by atoms with E-state index in [0.717, 1.165) is 11.8 Å². The summed E-state index contributed by atoms with van der Waals surface area (Å²) >= 11 is 19.2. The number of hydrogen-bond donors (Lipinski definition) is 2. The Labute approximate surface area is 168 Å². The Morgan fingerprint density at radius 1 is 1.12 bits per heavy atom. The van der Waals surface area contributed by atoms with Crippen LogP contribution in [0.2, 0.25) is 15.1 Å². The summed E-state index contributed by atoms with van der Waals surface area (Å²) in [6.45, 7) is 0. The molecule has 3 aromatic rings. The Hall–Kier alpha value is -1.93. The van der Waals surface area contributed by atoms with Crippen LogP contribution in [0.5, 0.6) is 0 Å². The maximum absolute atomic E-state index is 12.1. The minimum absolute atomic E-state index is 0.0922. The van der Waals surface area contributed by atoms with Gasteiger partial charge in [0.15, 0.2) is 5.82 Å². The fourth-order valence-corrected chi connectivity index (χ4v) is 3.44. The molecule has 3 N–H and O–H groups in total. The van der Waals surface area contributed by atoms with Crippen molar-refractivity contribution in [3.8, 4) is 11.4 Å². The number of carbonyl (C=O) groups is 1. The van der Waals surface area contributed by atoms with Crippen molar-refractivity contribution >= 4 is 58.2 Å². The first-order chi connectivity index (χ1) is 12.5. The average molecular weight is 429 g/mol. The van der Waals surface area contributed by atoms with Gasteiger partial charge in [0.25, 0.3) is 0 Å². The Morgan fingerprint density at radius 2 is 1.88 bits per heavy atom. The summed E-state index contributed by atoms with van der Waals surface area (Å²) in [5.41, 5.74) is 1.14. The monoisotopic (exact) mass is 427 g/mol. The minimum Gasteiger partial charge on any atom is -0.335 e. The maximum Gasteiger partial charge on any atom is 0.234 e. The molecule has 1 aromatic heterocycles. The molecular formula is C16H12Cl3N5OS. The normalized spacial score (nSPS) is 10.7. The minimum atomic E-state index is -0.239. The van der Waals surface area contributed by atoms with E-state index >= 15 is 0 Å². The van der Waals surface area contributed by atoms with Crippen molar-refractivity contribution in [1.82, 2.24) is 14.9 Å². The van der Waals surface area contributed by atoms with E-state index in [1.54, 1.807) is 42.5 Å². The van der Waals surface area contributed by atoms with Crippen molar-refractivity contribution in [3.05, 3.63) is 57.5 Å². The quantitative estimate of drug-likeness (QED) is 0.466. The molecule has 1 amide bonds. The predicted molar refractivity (Wildman–Crippen MR) is 106 cm³/mol. The van der Waals surface area contributed by atoms with Crippen LogP contribution in [0, 0.1) is 0 Å². The van der Waals surface area contributed by atoms with Crippen LogP contribution in [0.1, 0.15) is 0 Å². The van der Waals surface area contributed by atoms with Gasteiger partial charge in [0.2, 0.25) is 11.1 Å². The molecule has 0 aliphatic carbocycles.